The number of nitrogens with zero attached hydrogens (tertiary/aromatic N) is 4. The normalized spacial score (nSPS) is 11.6. The van der Waals surface area contributed by atoms with Gasteiger partial charge in [0.1, 0.15) is 11.6 Å². The van der Waals surface area contributed by atoms with Crippen molar-refractivity contribution in [2.45, 2.75) is 26.2 Å². The fourth-order valence-electron chi connectivity index (χ4n) is 2.60. The van der Waals surface area contributed by atoms with Crippen LogP contribution < -0.4 is 5.32 Å². The molecule has 0 aliphatic rings. The first-order valence-corrected chi connectivity index (χ1v) is 9.74. The third-order valence-electron chi connectivity index (χ3n) is 4.11. The number of carbonyl (C=O) groups is 1. The van der Waals surface area contributed by atoms with E-state index < -0.39 is 5.91 Å². The largest absolute Gasteiger partial charge is 0.359 e. The highest BCUT2D eigenvalue weighted by Gasteiger charge is 2.23. The van der Waals surface area contributed by atoms with E-state index in [0.717, 1.165) is 4.88 Å². The highest BCUT2D eigenvalue weighted by atomic mass is 32.1. The van der Waals surface area contributed by atoms with Crippen LogP contribution in [0.4, 0.5) is 10.2 Å². The zero-order chi connectivity index (χ0) is 20.6. The molecule has 4 rings (SSSR count). The van der Waals surface area contributed by atoms with Crippen LogP contribution in [0.5, 0.6) is 0 Å². The first-order valence-electron chi connectivity index (χ1n) is 8.87. The van der Waals surface area contributed by atoms with Crippen molar-refractivity contribution in [3.8, 4) is 16.4 Å². The monoisotopic (exact) mass is 411 g/mol. The van der Waals surface area contributed by atoms with E-state index in [1.54, 1.807) is 18.2 Å². The van der Waals surface area contributed by atoms with Gasteiger partial charge in [0.2, 0.25) is 5.82 Å². The molecule has 4 aromatic rings. The summed E-state index contributed by atoms with van der Waals surface area (Å²) in [7, 11) is 0. The molecule has 0 aliphatic heterocycles. The van der Waals surface area contributed by atoms with Gasteiger partial charge in [-0.2, -0.15) is 0 Å². The second kappa shape index (κ2) is 7.25. The van der Waals surface area contributed by atoms with Crippen molar-refractivity contribution in [1.82, 2.24) is 19.9 Å². The molecule has 7 nitrogen and oxygen atoms in total. The molecule has 0 saturated heterocycles. The third kappa shape index (κ3) is 3.95. The maximum Gasteiger partial charge on any atom is 0.296 e. The Morgan fingerprint density at radius 2 is 1.97 bits per heavy atom. The average Bonchev–Trinajstić information content (AvgIpc) is 3.41. The number of rotatable bonds is 4. The maximum atomic E-state index is 13.3. The minimum Gasteiger partial charge on any atom is -0.359 e. The van der Waals surface area contributed by atoms with E-state index in [1.807, 2.05) is 38.3 Å². The summed E-state index contributed by atoms with van der Waals surface area (Å²) in [4.78, 5) is 17.9. The summed E-state index contributed by atoms with van der Waals surface area (Å²) in [5.74, 6) is 0.528. The highest BCUT2D eigenvalue weighted by Crippen LogP contribution is 2.27. The van der Waals surface area contributed by atoms with Gasteiger partial charge >= 0.3 is 0 Å². The molecule has 0 saturated carbocycles. The summed E-state index contributed by atoms with van der Waals surface area (Å²) in [6, 6.07) is 11.3. The van der Waals surface area contributed by atoms with Crippen molar-refractivity contribution >= 4 is 23.1 Å². The van der Waals surface area contributed by atoms with Crippen molar-refractivity contribution in [2.24, 2.45) is 0 Å². The van der Waals surface area contributed by atoms with E-state index in [-0.39, 0.29) is 22.9 Å². The minimum atomic E-state index is -0.516. The van der Waals surface area contributed by atoms with Gasteiger partial charge in [0.15, 0.2) is 11.6 Å². The van der Waals surface area contributed by atoms with Crippen LogP contribution >= 0.6 is 11.3 Å². The lowest BCUT2D eigenvalue weighted by molar-refractivity contribution is 0.101. The zero-order valence-corrected chi connectivity index (χ0v) is 16.8. The van der Waals surface area contributed by atoms with Crippen LogP contribution in [-0.4, -0.2) is 25.8 Å². The fraction of sp³-hybridized carbons (Fsp3) is 0.200. The lowest BCUT2D eigenvalue weighted by Gasteiger charge is -2.11. The topological polar surface area (TPSA) is 85.8 Å². The molecule has 1 aromatic carbocycles. The molecule has 0 atom stereocenters. The Labute approximate surface area is 170 Å². The summed E-state index contributed by atoms with van der Waals surface area (Å²) >= 11 is 1.47. The Hall–Kier alpha value is -3.33. The van der Waals surface area contributed by atoms with Gasteiger partial charge in [-0.05, 0) is 35.7 Å². The Balaban J connectivity index is 1.67. The molecule has 1 amide bonds. The summed E-state index contributed by atoms with van der Waals surface area (Å²) in [5.41, 5.74) is 0.364. The number of hydrogen-bond acceptors (Lipinski definition) is 6. The Morgan fingerprint density at radius 1 is 1.21 bits per heavy atom. The van der Waals surface area contributed by atoms with Gasteiger partial charge in [0.25, 0.3) is 5.91 Å². The number of nitrogens with one attached hydrogen (secondary N) is 1. The van der Waals surface area contributed by atoms with E-state index in [9.17, 15) is 9.18 Å². The average molecular weight is 411 g/mol. The fourth-order valence-corrected chi connectivity index (χ4v) is 3.29. The number of benzene rings is 1. The lowest BCUT2D eigenvalue weighted by Crippen LogP contribution is -2.14. The van der Waals surface area contributed by atoms with Crippen molar-refractivity contribution in [3.05, 3.63) is 65.2 Å². The predicted octanol–water partition coefficient (Wildman–Crippen LogP) is 4.67. The highest BCUT2D eigenvalue weighted by molar-refractivity contribution is 7.13. The number of aromatic nitrogens is 4. The molecule has 148 valence electrons. The molecule has 0 radical (unpaired) electrons. The SMILES string of the molecule is CC(C)(C)c1cc(NC(=O)c2nc(-c3cccs3)n(-c3ccc(F)cc3)n2)no1. The predicted molar refractivity (Wildman–Crippen MR) is 108 cm³/mol. The second-order valence-electron chi connectivity index (χ2n) is 7.41. The van der Waals surface area contributed by atoms with Gasteiger partial charge in [-0.25, -0.2) is 14.1 Å². The van der Waals surface area contributed by atoms with Gasteiger partial charge in [-0.3, -0.25) is 4.79 Å². The summed E-state index contributed by atoms with van der Waals surface area (Å²) in [5, 5.41) is 12.8. The van der Waals surface area contributed by atoms with Crippen molar-refractivity contribution in [1.29, 1.82) is 0 Å². The molecule has 0 fully saturated rings. The number of hydrogen-bond donors (Lipinski definition) is 1. The van der Waals surface area contributed by atoms with E-state index >= 15 is 0 Å². The smallest absolute Gasteiger partial charge is 0.296 e. The van der Waals surface area contributed by atoms with Gasteiger partial charge in [-0.1, -0.05) is 32.0 Å². The van der Waals surface area contributed by atoms with Gasteiger partial charge in [0, 0.05) is 11.5 Å². The van der Waals surface area contributed by atoms with Gasteiger partial charge < -0.3 is 9.84 Å². The maximum absolute atomic E-state index is 13.3. The molecule has 29 heavy (non-hydrogen) atoms. The van der Waals surface area contributed by atoms with Crippen molar-refractivity contribution < 1.29 is 13.7 Å². The van der Waals surface area contributed by atoms with E-state index in [1.165, 1.54) is 28.2 Å². The van der Waals surface area contributed by atoms with E-state index in [2.05, 4.69) is 20.6 Å². The molecule has 1 N–H and O–H groups in total. The van der Waals surface area contributed by atoms with Crippen LogP contribution in [0.15, 0.2) is 52.4 Å². The van der Waals surface area contributed by atoms with Gasteiger partial charge in [0.05, 0.1) is 10.6 Å². The molecule has 3 heterocycles. The van der Waals surface area contributed by atoms with Gasteiger partial charge in [-0.15, -0.1) is 16.4 Å². The molecule has 9 heteroatoms. The van der Waals surface area contributed by atoms with Crippen LogP contribution in [0.1, 0.15) is 37.2 Å². The molecule has 0 aliphatic carbocycles. The molecule has 3 aromatic heterocycles. The molecular weight excluding hydrogens is 393 g/mol. The van der Waals surface area contributed by atoms with E-state index in [4.69, 9.17) is 4.52 Å². The first kappa shape index (κ1) is 19.0. The molecule has 0 bridgehead atoms. The zero-order valence-electron chi connectivity index (χ0n) is 16.0. The third-order valence-corrected chi connectivity index (χ3v) is 4.98. The van der Waals surface area contributed by atoms with Crippen LogP contribution in [0.25, 0.3) is 16.4 Å². The number of thiophene rings is 1. The summed E-state index contributed by atoms with van der Waals surface area (Å²) in [6.07, 6.45) is 0. The standard InChI is InChI=1S/C20H18FN5O2S/c1-20(2,3)15-11-16(25-28-15)22-19(27)17-23-18(14-5-4-10-29-14)26(24-17)13-8-6-12(21)7-9-13/h4-11H,1-3H3,(H,22,25,27). The summed E-state index contributed by atoms with van der Waals surface area (Å²) < 4.78 is 20.1. The number of anilines is 1. The van der Waals surface area contributed by atoms with Crippen LogP contribution in [0, 0.1) is 5.82 Å². The number of halogens is 1. The summed E-state index contributed by atoms with van der Waals surface area (Å²) in [6.45, 7) is 5.95. The number of amides is 1. The van der Waals surface area contributed by atoms with E-state index in [0.29, 0.717) is 17.3 Å². The number of carbonyl (C=O) groups excluding carboxylic acids is 1. The molecule has 0 spiro atoms. The Kier molecular flexibility index (Phi) is 4.75. The van der Waals surface area contributed by atoms with Crippen LogP contribution in [0.3, 0.4) is 0 Å². The van der Waals surface area contributed by atoms with Crippen LogP contribution in [0.2, 0.25) is 0 Å². The molecular formula is C20H18FN5O2S. The Morgan fingerprint density at radius 3 is 2.59 bits per heavy atom. The lowest BCUT2D eigenvalue weighted by atomic mass is 9.93. The van der Waals surface area contributed by atoms with Crippen molar-refractivity contribution in [3.63, 3.8) is 0 Å². The quantitative estimate of drug-likeness (QED) is 0.527. The minimum absolute atomic E-state index is 0.0296. The van der Waals surface area contributed by atoms with Crippen LogP contribution in [-0.2, 0) is 5.41 Å². The first-order chi connectivity index (χ1) is 13.8. The molecule has 0 unspecified atom stereocenters. The second-order valence-corrected chi connectivity index (χ2v) is 8.35. The van der Waals surface area contributed by atoms with Crippen molar-refractivity contribution in [2.75, 3.05) is 5.32 Å². The Bertz CT molecular complexity index is 1140.